The molecule has 2 aliphatic carbocycles. The number of aromatic nitrogens is 1. The van der Waals surface area contributed by atoms with Crippen molar-refractivity contribution in [3.8, 4) is 0 Å². The van der Waals surface area contributed by atoms with Crippen LogP contribution >= 0.6 is 0 Å². The summed E-state index contributed by atoms with van der Waals surface area (Å²) in [6.45, 7) is 4.82. The largest absolute Gasteiger partial charge is 0.358 e. The van der Waals surface area contributed by atoms with Crippen LogP contribution in [0.15, 0.2) is 23.9 Å². The minimum absolute atomic E-state index is 0.668. The van der Waals surface area contributed by atoms with Gasteiger partial charge in [0, 0.05) is 17.3 Å². The SMILES string of the molecule is CCC(CCCC(C)C1CCCCC1)c1cc2c([nH]1)C=C=CC=C2. The van der Waals surface area contributed by atoms with Crippen molar-refractivity contribution in [2.45, 2.75) is 77.6 Å². The lowest BCUT2D eigenvalue weighted by Gasteiger charge is -2.28. The van der Waals surface area contributed by atoms with E-state index in [2.05, 4.69) is 48.9 Å². The van der Waals surface area contributed by atoms with E-state index < -0.39 is 0 Å². The second-order valence-electron chi connectivity index (χ2n) is 7.84. The van der Waals surface area contributed by atoms with Gasteiger partial charge in [-0.2, -0.15) is 0 Å². The van der Waals surface area contributed by atoms with Crippen LogP contribution in [0, 0.1) is 11.8 Å². The quantitative estimate of drug-likeness (QED) is 0.515. The van der Waals surface area contributed by atoms with Gasteiger partial charge in [0.2, 0.25) is 0 Å². The summed E-state index contributed by atoms with van der Waals surface area (Å²) >= 11 is 0. The molecule has 1 heterocycles. The highest BCUT2D eigenvalue weighted by molar-refractivity contribution is 5.66. The molecule has 0 bridgehead atoms. The predicted molar refractivity (Wildman–Crippen MR) is 105 cm³/mol. The van der Waals surface area contributed by atoms with E-state index in [0.29, 0.717) is 5.92 Å². The Bertz CT molecular complexity index is 606. The van der Waals surface area contributed by atoms with E-state index in [1.807, 2.05) is 6.08 Å². The standard InChI is InChI=1S/C23H33N/c1-3-19(15-10-11-18(2)20-12-6-4-7-13-20)23-17-21-14-8-5-9-16-22(21)24-23/h5,8,14,16-20,24H,3-4,6-7,10-13,15H2,1-2H3. The van der Waals surface area contributed by atoms with Crippen molar-refractivity contribution in [2.75, 3.05) is 0 Å². The maximum atomic E-state index is 3.64. The topological polar surface area (TPSA) is 15.8 Å². The molecule has 2 aliphatic rings. The van der Waals surface area contributed by atoms with Crippen molar-refractivity contribution in [3.63, 3.8) is 0 Å². The summed E-state index contributed by atoms with van der Waals surface area (Å²) in [6.07, 6.45) is 21.0. The fourth-order valence-corrected chi connectivity index (χ4v) is 4.53. The molecule has 130 valence electrons. The molecule has 0 spiro atoms. The van der Waals surface area contributed by atoms with Gasteiger partial charge in [0.25, 0.3) is 0 Å². The van der Waals surface area contributed by atoms with Crippen molar-refractivity contribution in [1.82, 2.24) is 4.98 Å². The third-order valence-electron chi connectivity index (χ3n) is 6.20. The first kappa shape index (κ1) is 17.4. The van der Waals surface area contributed by atoms with E-state index in [4.69, 9.17) is 0 Å². The minimum Gasteiger partial charge on any atom is -0.358 e. The van der Waals surface area contributed by atoms with Crippen LogP contribution in [0.25, 0.3) is 12.2 Å². The van der Waals surface area contributed by atoms with Crippen LogP contribution in [0.1, 0.15) is 94.5 Å². The van der Waals surface area contributed by atoms with Crippen molar-refractivity contribution < 1.29 is 0 Å². The molecule has 1 heteroatoms. The Kier molecular flexibility index (Phi) is 6.21. The Morgan fingerprint density at radius 3 is 2.83 bits per heavy atom. The van der Waals surface area contributed by atoms with E-state index in [1.165, 1.54) is 74.7 Å². The average Bonchev–Trinajstić information content (AvgIpc) is 2.89. The van der Waals surface area contributed by atoms with Crippen LogP contribution in [0.5, 0.6) is 0 Å². The number of H-pyrrole nitrogens is 1. The van der Waals surface area contributed by atoms with Gasteiger partial charge in [-0.1, -0.05) is 70.9 Å². The second-order valence-corrected chi connectivity index (χ2v) is 7.84. The van der Waals surface area contributed by atoms with Crippen molar-refractivity contribution in [2.24, 2.45) is 11.8 Å². The lowest BCUT2D eigenvalue weighted by molar-refractivity contribution is 0.246. The molecule has 0 amide bonds. The first-order chi connectivity index (χ1) is 11.8. The molecule has 1 aromatic heterocycles. The van der Waals surface area contributed by atoms with Crippen LogP contribution < -0.4 is 0 Å². The van der Waals surface area contributed by atoms with Crippen LogP contribution in [0.4, 0.5) is 0 Å². The first-order valence-corrected chi connectivity index (χ1v) is 10.1. The maximum absolute atomic E-state index is 3.64. The maximum Gasteiger partial charge on any atom is 0.0534 e. The highest BCUT2D eigenvalue weighted by Crippen LogP contribution is 2.34. The zero-order valence-electron chi connectivity index (χ0n) is 15.5. The summed E-state index contributed by atoms with van der Waals surface area (Å²) in [4.78, 5) is 3.64. The fourth-order valence-electron chi connectivity index (χ4n) is 4.53. The Morgan fingerprint density at radius 1 is 1.21 bits per heavy atom. The average molecular weight is 324 g/mol. The van der Waals surface area contributed by atoms with Crippen molar-refractivity contribution in [1.29, 1.82) is 0 Å². The molecular formula is C23H33N. The smallest absolute Gasteiger partial charge is 0.0534 e. The number of hydrogen-bond acceptors (Lipinski definition) is 0. The Morgan fingerprint density at radius 2 is 2.04 bits per heavy atom. The predicted octanol–water partition coefficient (Wildman–Crippen LogP) is 7.09. The number of fused-ring (bicyclic) bond motifs is 1. The molecule has 1 aromatic rings. The van der Waals surface area contributed by atoms with Gasteiger partial charge in [-0.3, -0.25) is 0 Å². The molecule has 1 fully saturated rings. The Hall–Kier alpha value is -1.46. The number of nitrogens with one attached hydrogen (secondary N) is 1. The Labute approximate surface area is 147 Å². The highest BCUT2D eigenvalue weighted by Gasteiger charge is 2.20. The van der Waals surface area contributed by atoms with Gasteiger partial charge in [-0.25, -0.2) is 0 Å². The molecule has 1 N–H and O–H groups in total. The van der Waals surface area contributed by atoms with E-state index >= 15 is 0 Å². The molecule has 24 heavy (non-hydrogen) atoms. The number of allylic oxidation sites excluding steroid dienone is 2. The molecule has 3 rings (SSSR count). The van der Waals surface area contributed by atoms with Crippen LogP contribution in [0.2, 0.25) is 0 Å². The minimum atomic E-state index is 0.668. The van der Waals surface area contributed by atoms with Gasteiger partial charge in [-0.15, -0.1) is 5.73 Å². The second kappa shape index (κ2) is 8.58. The number of hydrogen-bond donors (Lipinski definition) is 1. The molecule has 1 nitrogen and oxygen atoms in total. The number of rotatable bonds is 7. The molecule has 1 saturated carbocycles. The zero-order valence-corrected chi connectivity index (χ0v) is 15.5. The monoisotopic (exact) mass is 323 g/mol. The third-order valence-corrected chi connectivity index (χ3v) is 6.20. The van der Waals surface area contributed by atoms with Crippen LogP contribution in [-0.2, 0) is 0 Å². The van der Waals surface area contributed by atoms with Crippen LogP contribution in [0.3, 0.4) is 0 Å². The van der Waals surface area contributed by atoms with Gasteiger partial charge in [0.05, 0.1) is 5.69 Å². The molecule has 0 aliphatic heterocycles. The van der Waals surface area contributed by atoms with Gasteiger partial charge < -0.3 is 4.98 Å². The van der Waals surface area contributed by atoms with Gasteiger partial charge in [0.15, 0.2) is 0 Å². The van der Waals surface area contributed by atoms with Gasteiger partial charge >= 0.3 is 0 Å². The highest BCUT2D eigenvalue weighted by atomic mass is 14.7. The third kappa shape index (κ3) is 4.33. The Balaban J connectivity index is 1.53. The first-order valence-electron chi connectivity index (χ1n) is 10.1. The van der Waals surface area contributed by atoms with Crippen molar-refractivity contribution in [3.05, 3.63) is 40.9 Å². The lowest BCUT2D eigenvalue weighted by Crippen LogP contribution is -2.15. The molecule has 0 aromatic carbocycles. The molecule has 2 unspecified atom stereocenters. The van der Waals surface area contributed by atoms with E-state index in [-0.39, 0.29) is 0 Å². The summed E-state index contributed by atoms with van der Waals surface area (Å²) in [5.41, 5.74) is 7.13. The lowest BCUT2D eigenvalue weighted by atomic mass is 9.78. The van der Waals surface area contributed by atoms with Gasteiger partial charge in [0.1, 0.15) is 0 Å². The van der Waals surface area contributed by atoms with Gasteiger partial charge in [-0.05, 0) is 42.7 Å². The number of aromatic amines is 1. The molecule has 0 radical (unpaired) electrons. The van der Waals surface area contributed by atoms with Crippen molar-refractivity contribution >= 4 is 12.2 Å². The zero-order chi connectivity index (χ0) is 16.8. The molecular weight excluding hydrogens is 290 g/mol. The summed E-state index contributed by atoms with van der Waals surface area (Å²) in [7, 11) is 0. The van der Waals surface area contributed by atoms with Crippen LogP contribution in [-0.4, -0.2) is 4.98 Å². The molecule has 2 atom stereocenters. The molecule has 0 saturated heterocycles. The fraction of sp³-hybridized carbons (Fsp3) is 0.609. The van der Waals surface area contributed by atoms with E-state index in [0.717, 1.165) is 11.8 Å². The summed E-state index contributed by atoms with van der Waals surface area (Å²) in [6, 6.07) is 2.35. The summed E-state index contributed by atoms with van der Waals surface area (Å²) < 4.78 is 0. The summed E-state index contributed by atoms with van der Waals surface area (Å²) in [5, 5.41) is 0. The van der Waals surface area contributed by atoms with E-state index in [9.17, 15) is 0 Å². The van der Waals surface area contributed by atoms with E-state index in [1.54, 1.807) is 0 Å². The normalized spacial score (nSPS) is 19.9. The summed E-state index contributed by atoms with van der Waals surface area (Å²) in [5.74, 6) is 2.59.